The molecular formula is C23H29N7O2. The van der Waals surface area contributed by atoms with E-state index in [4.69, 9.17) is 9.72 Å². The molecule has 0 atom stereocenters. The van der Waals surface area contributed by atoms with Crippen LogP contribution in [0.4, 0.5) is 11.6 Å². The topological polar surface area (TPSA) is 88.4 Å². The average Bonchev–Trinajstić information content (AvgIpc) is 3.05. The number of hydrogen-bond acceptors (Lipinski definition) is 7. The summed E-state index contributed by atoms with van der Waals surface area (Å²) in [4.78, 5) is 30.2. The van der Waals surface area contributed by atoms with E-state index in [1.807, 2.05) is 32.3 Å². The largest absolute Gasteiger partial charge is 0.476 e. The Morgan fingerprint density at radius 2 is 1.97 bits per heavy atom. The molecule has 3 aliphatic rings. The van der Waals surface area contributed by atoms with Crippen LogP contribution in [0.5, 0.6) is 5.88 Å². The van der Waals surface area contributed by atoms with Gasteiger partial charge in [-0.05, 0) is 51.4 Å². The zero-order valence-corrected chi connectivity index (χ0v) is 19.0. The van der Waals surface area contributed by atoms with Crippen molar-refractivity contribution in [3.05, 3.63) is 36.3 Å². The molecule has 32 heavy (non-hydrogen) atoms. The average molecular weight is 436 g/mol. The highest BCUT2D eigenvalue weighted by Gasteiger charge is 2.59. The quantitative estimate of drug-likeness (QED) is 0.582. The minimum atomic E-state index is -0.00344. The Kier molecular flexibility index (Phi) is 5.00. The number of pyridine rings is 1. The second kappa shape index (κ2) is 7.74. The van der Waals surface area contributed by atoms with Gasteiger partial charge in [0, 0.05) is 43.8 Å². The van der Waals surface area contributed by atoms with E-state index in [1.54, 1.807) is 31.4 Å². The molecular weight excluding hydrogens is 406 g/mol. The van der Waals surface area contributed by atoms with Gasteiger partial charge in [-0.25, -0.2) is 9.97 Å². The van der Waals surface area contributed by atoms with Crippen molar-refractivity contribution in [3.63, 3.8) is 0 Å². The van der Waals surface area contributed by atoms with Crippen molar-refractivity contribution < 1.29 is 9.53 Å². The molecule has 3 aliphatic carbocycles. The number of nitrogens with one attached hydrogen (secondary N) is 1. The van der Waals surface area contributed by atoms with Gasteiger partial charge in [-0.15, -0.1) is 0 Å². The molecule has 3 heterocycles. The van der Waals surface area contributed by atoms with Crippen LogP contribution in [0.2, 0.25) is 0 Å². The highest BCUT2D eigenvalue weighted by molar-refractivity contribution is 5.98. The Hall–Kier alpha value is -3.20. The number of aromatic nitrogens is 4. The van der Waals surface area contributed by atoms with Crippen LogP contribution in [0.1, 0.15) is 29.8 Å². The van der Waals surface area contributed by atoms with E-state index in [0.717, 1.165) is 48.4 Å². The van der Waals surface area contributed by atoms with Gasteiger partial charge in [0.25, 0.3) is 5.91 Å². The Bertz CT molecular complexity index is 1140. The molecule has 6 rings (SSSR count). The second-order valence-electron chi connectivity index (χ2n) is 9.40. The number of carbonyl (C=O) groups excluding carboxylic acids is 1. The lowest BCUT2D eigenvalue weighted by atomic mass is 9.49. The first-order valence-electron chi connectivity index (χ1n) is 11.0. The van der Waals surface area contributed by atoms with Gasteiger partial charge in [-0.1, -0.05) is 0 Å². The van der Waals surface area contributed by atoms with Crippen LogP contribution < -0.4 is 10.1 Å². The molecule has 1 N–H and O–H groups in total. The Balaban J connectivity index is 1.40. The SMILES string of the molecule is CN(C)CCOc1ccc(Nc2ncc3cc(C(=O)N(C)C)n(C45CC(C4)C5)c3n2)cn1. The van der Waals surface area contributed by atoms with Crippen molar-refractivity contribution in [2.45, 2.75) is 24.8 Å². The lowest BCUT2D eigenvalue weighted by molar-refractivity contribution is -0.0870. The van der Waals surface area contributed by atoms with Crippen molar-refractivity contribution in [3.8, 4) is 5.88 Å². The third kappa shape index (κ3) is 3.56. The van der Waals surface area contributed by atoms with Gasteiger partial charge in [-0.3, -0.25) is 4.79 Å². The van der Waals surface area contributed by atoms with Gasteiger partial charge in [0.05, 0.1) is 11.9 Å². The number of fused-ring (bicyclic) bond motifs is 1. The summed E-state index contributed by atoms with van der Waals surface area (Å²) in [5.74, 6) is 1.85. The van der Waals surface area contributed by atoms with E-state index in [2.05, 4.69) is 24.8 Å². The molecule has 0 aromatic carbocycles. The second-order valence-corrected chi connectivity index (χ2v) is 9.40. The molecule has 3 aromatic heterocycles. The van der Waals surface area contributed by atoms with Gasteiger partial charge in [0.1, 0.15) is 17.9 Å². The first kappa shape index (κ1) is 20.7. The maximum atomic E-state index is 12.9. The fourth-order valence-corrected chi connectivity index (χ4v) is 4.62. The van der Waals surface area contributed by atoms with E-state index in [0.29, 0.717) is 24.1 Å². The standard InChI is InChI=1S/C23H29N7O2/c1-28(2)7-8-32-19-6-5-17(14-24-19)26-22-25-13-16-9-18(21(31)29(3)4)30(20(16)27-22)23-10-15(11-23)12-23/h5-6,9,13-15H,7-8,10-12H2,1-4H3,(H,25,26,27). The number of anilines is 2. The lowest BCUT2D eigenvalue weighted by Gasteiger charge is -2.62. The number of hydrogen-bond donors (Lipinski definition) is 1. The summed E-state index contributed by atoms with van der Waals surface area (Å²) in [6.07, 6.45) is 6.86. The first-order chi connectivity index (χ1) is 15.3. The Morgan fingerprint density at radius 3 is 2.56 bits per heavy atom. The molecule has 0 aliphatic heterocycles. The maximum absolute atomic E-state index is 12.9. The van der Waals surface area contributed by atoms with E-state index < -0.39 is 0 Å². The molecule has 3 aromatic rings. The number of ether oxygens (including phenoxy) is 1. The third-order valence-electron chi connectivity index (χ3n) is 6.43. The molecule has 168 valence electrons. The number of likely N-dealkylation sites (N-methyl/N-ethyl adjacent to an activating group) is 1. The molecule has 0 spiro atoms. The van der Waals surface area contributed by atoms with E-state index in [1.165, 1.54) is 0 Å². The van der Waals surface area contributed by atoms with Crippen molar-refractivity contribution in [2.75, 3.05) is 46.7 Å². The summed E-state index contributed by atoms with van der Waals surface area (Å²) in [6, 6.07) is 5.64. The van der Waals surface area contributed by atoms with Crippen LogP contribution in [0, 0.1) is 5.92 Å². The first-order valence-corrected chi connectivity index (χ1v) is 11.0. The van der Waals surface area contributed by atoms with Crippen LogP contribution in [-0.4, -0.2) is 76.6 Å². The predicted molar refractivity (Wildman–Crippen MR) is 122 cm³/mol. The molecule has 0 unspecified atom stereocenters. The molecule has 0 saturated heterocycles. The van der Waals surface area contributed by atoms with Crippen LogP contribution in [-0.2, 0) is 5.54 Å². The fraction of sp³-hybridized carbons (Fsp3) is 0.478. The molecule has 3 saturated carbocycles. The van der Waals surface area contributed by atoms with E-state index >= 15 is 0 Å². The normalized spacial score (nSPS) is 21.2. The number of nitrogens with zero attached hydrogens (tertiary/aromatic N) is 6. The van der Waals surface area contributed by atoms with Crippen LogP contribution in [0.15, 0.2) is 30.6 Å². The Labute approximate surface area is 187 Å². The summed E-state index contributed by atoms with van der Waals surface area (Å²) >= 11 is 0. The van der Waals surface area contributed by atoms with Crippen LogP contribution in [0.25, 0.3) is 11.0 Å². The summed E-state index contributed by atoms with van der Waals surface area (Å²) < 4.78 is 7.81. The summed E-state index contributed by atoms with van der Waals surface area (Å²) in [6.45, 7) is 1.41. The number of carbonyl (C=O) groups is 1. The highest BCUT2D eigenvalue weighted by atomic mass is 16.5. The molecule has 0 radical (unpaired) electrons. The Morgan fingerprint density at radius 1 is 1.19 bits per heavy atom. The van der Waals surface area contributed by atoms with Gasteiger partial charge < -0.3 is 24.4 Å². The zero-order chi connectivity index (χ0) is 22.5. The van der Waals surface area contributed by atoms with Crippen molar-refractivity contribution in [1.29, 1.82) is 0 Å². The van der Waals surface area contributed by atoms with E-state index in [9.17, 15) is 4.79 Å². The third-order valence-corrected chi connectivity index (χ3v) is 6.43. The number of amides is 1. The van der Waals surface area contributed by atoms with E-state index in [-0.39, 0.29) is 11.4 Å². The minimum absolute atomic E-state index is 0.00344. The van der Waals surface area contributed by atoms with Gasteiger partial charge in [0.15, 0.2) is 0 Å². The van der Waals surface area contributed by atoms with Crippen LogP contribution >= 0.6 is 0 Å². The molecule has 1 amide bonds. The highest BCUT2D eigenvalue weighted by Crippen LogP contribution is 2.63. The van der Waals surface area contributed by atoms with Gasteiger partial charge in [0.2, 0.25) is 11.8 Å². The number of rotatable bonds is 8. The minimum Gasteiger partial charge on any atom is -0.476 e. The van der Waals surface area contributed by atoms with Crippen molar-refractivity contribution in [2.24, 2.45) is 5.92 Å². The molecule has 9 heteroatoms. The molecule has 2 bridgehead atoms. The molecule has 3 fully saturated rings. The fourth-order valence-electron chi connectivity index (χ4n) is 4.62. The maximum Gasteiger partial charge on any atom is 0.270 e. The lowest BCUT2D eigenvalue weighted by Crippen LogP contribution is -2.60. The predicted octanol–water partition coefficient (Wildman–Crippen LogP) is 2.72. The van der Waals surface area contributed by atoms with Gasteiger partial charge >= 0.3 is 0 Å². The zero-order valence-electron chi connectivity index (χ0n) is 19.0. The monoisotopic (exact) mass is 435 g/mol. The van der Waals surface area contributed by atoms with Gasteiger partial charge in [-0.2, -0.15) is 4.98 Å². The van der Waals surface area contributed by atoms with Crippen molar-refractivity contribution >= 4 is 28.6 Å². The molecule has 9 nitrogen and oxygen atoms in total. The van der Waals surface area contributed by atoms with Crippen molar-refractivity contribution in [1.82, 2.24) is 29.3 Å². The summed E-state index contributed by atoms with van der Waals surface area (Å²) in [5.41, 5.74) is 2.31. The van der Waals surface area contributed by atoms with Crippen LogP contribution in [0.3, 0.4) is 0 Å². The summed E-state index contributed by atoms with van der Waals surface area (Å²) in [5, 5.41) is 4.11. The smallest absolute Gasteiger partial charge is 0.270 e. The summed E-state index contributed by atoms with van der Waals surface area (Å²) in [7, 11) is 7.58.